The number of methoxy groups -OCH3 is 3. The minimum absolute atomic E-state index is 0.0102. The van der Waals surface area contributed by atoms with Crippen LogP contribution in [0, 0.1) is 0 Å². The third-order valence-electron chi connectivity index (χ3n) is 5.53. The number of fused-ring (bicyclic) bond motifs is 2. The smallest absolute Gasteiger partial charge is 0.274 e. The predicted molar refractivity (Wildman–Crippen MR) is 121 cm³/mol. The molecule has 33 heavy (non-hydrogen) atoms. The minimum Gasteiger partial charge on any atom is -0.508 e. The molecule has 176 valence electrons. The Morgan fingerprint density at radius 2 is 1.85 bits per heavy atom. The number of carbonyl (C=O) groups is 1. The molecule has 0 saturated carbocycles. The van der Waals surface area contributed by atoms with Crippen LogP contribution in [0.5, 0.6) is 23.0 Å². The fraction of sp³-hybridized carbons (Fsp3) is 0.318. The summed E-state index contributed by atoms with van der Waals surface area (Å²) in [5.74, 6) is 0.490. The average molecular weight is 477 g/mol. The number of aromatic amines is 1. The fourth-order valence-corrected chi connectivity index (χ4v) is 4.48. The Bertz CT molecular complexity index is 1330. The van der Waals surface area contributed by atoms with E-state index in [1.54, 1.807) is 18.2 Å². The normalized spacial score (nSPS) is 15.5. The first-order chi connectivity index (χ1) is 15.7. The molecule has 0 aliphatic carbocycles. The van der Waals surface area contributed by atoms with Crippen molar-refractivity contribution in [2.75, 3.05) is 45.6 Å². The fourth-order valence-electron chi connectivity index (χ4n) is 4.07. The van der Waals surface area contributed by atoms with Crippen molar-refractivity contribution in [2.24, 2.45) is 0 Å². The lowest BCUT2D eigenvalue weighted by molar-refractivity contribution is 0.0983. The molecule has 1 aromatic heterocycles. The number of ether oxygens (including phenoxy) is 3. The van der Waals surface area contributed by atoms with Crippen molar-refractivity contribution in [3.8, 4) is 23.0 Å². The second-order valence-corrected chi connectivity index (χ2v) is 9.28. The molecule has 1 atom stereocenters. The van der Waals surface area contributed by atoms with Crippen LogP contribution in [0.3, 0.4) is 0 Å². The number of rotatable bonds is 7. The molecule has 1 amide bonds. The minimum atomic E-state index is -3.65. The van der Waals surface area contributed by atoms with Crippen LogP contribution in [0.4, 0.5) is 5.69 Å². The van der Waals surface area contributed by atoms with E-state index in [9.17, 15) is 18.3 Å². The summed E-state index contributed by atoms with van der Waals surface area (Å²) in [6, 6.07) is 8.04. The van der Waals surface area contributed by atoms with Gasteiger partial charge in [-0.15, -0.1) is 0 Å². The molecule has 0 fully saturated rings. The molecular weight excluding hydrogens is 452 g/mol. The van der Waals surface area contributed by atoms with Crippen LogP contribution in [0.15, 0.2) is 30.3 Å². The highest BCUT2D eigenvalue weighted by molar-refractivity contribution is 7.85. The first kappa shape index (κ1) is 22.7. The Labute approximate surface area is 190 Å². The van der Waals surface area contributed by atoms with Crippen molar-refractivity contribution in [3.63, 3.8) is 0 Å². The standard InChI is InChI=1S/C22H24N2O8S/c1-29-18-8-12-7-16(23-19(12)21(31-3)20(18)30-2)22(26)24-10-13(11-32-33(4,27)28)15-6-5-14(25)9-17(15)24/h5-9,13,23,25H,10-11H2,1-4H3/t13-/m0/s1. The highest BCUT2D eigenvalue weighted by Gasteiger charge is 2.35. The second kappa shape index (κ2) is 8.49. The van der Waals surface area contributed by atoms with E-state index in [4.69, 9.17) is 18.4 Å². The number of H-pyrrole nitrogens is 1. The lowest BCUT2D eigenvalue weighted by Gasteiger charge is -2.17. The number of aromatic nitrogens is 1. The molecule has 0 spiro atoms. The Morgan fingerprint density at radius 1 is 1.12 bits per heavy atom. The molecule has 3 aromatic rings. The summed E-state index contributed by atoms with van der Waals surface area (Å²) in [4.78, 5) is 18.1. The maximum absolute atomic E-state index is 13.5. The number of carbonyl (C=O) groups excluding carboxylic acids is 1. The molecule has 2 heterocycles. The van der Waals surface area contributed by atoms with Gasteiger partial charge in [-0.25, -0.2) is 0 Å². The largest absolute Gasteiger partial charge is 0.508 e. The molecule has 0 saturated heterocycles. The zero-order chi connectivity index (χ0) is 23.9. The van der Waals surface area contributed by atoms with Crippen molar-refractivity contribution in [1.29, 1.82) is 0 Å². The quantitative estimate of drug-likeness (QED) is 0.498. The topological polar surface area (TPSA) is 127 Å². The number of nitrogens with zero attached hydrogens (tertiary/aromatic N) is 1. The summed E-state index contributed by atoms with van der Waals surface area (Å²) >= 11 is 0. The summed E-state index contributed by atoms with van der Waals surface area (Å²) in [6.45, 7) is 0.0710. The summed E-state index contributed by atoms with van der Waals surface area (Å²) in [5.41, 5.74) is 2.04. The number of aromatic hydroxyl groups is 1. The van der Waals surface area contributed by atoms with Gasteiger partial charge in [-0.1, -0.05) is 6.07 Å². The maximum Gasteiger partial charge on any atom is 0.274 e. The summed E-state index contributed by atoms with van der Waals surface area (Å²) in [5, 5.41) is 10.7. The van der Waals surface area contributed by atoms with Crippen LogP contribution in [0.2, 0.25) is 0 Å². The maximum atomic E-state index is 13.5. The third-order valence-corrected chi connectivity index (χ3v) is 6.09. The number of nitrogens with one attached hydrogen (secondary N) is 1. The molecule has 11 heteroatoms. The van der Waals surface area contributed by atoms with E-state index in [-0.39, 0.29) is 36.4 Å². The Hall–Kier alpha value is -3.44. The molecular formula is C22H24N2O8S. The van der Waals surface area contributed by atoms with Crippen molar-refractivity contribution in [3.05, 3.63) is 41.6 Å². The number of benzene rings is 2. The molecule has 0 radical (unpaired) electrons. The molecule has 1 aliphatic rings. The lowest BCUT2D eigenvalue weighted by Crippen LogP contribution is -2.31. The summed E-state index contributed by atoms with van der Waals surface area (Å²) in [7, 11) is 0.846. The van der Waals surface area contributed by atoms with Gasteiger partial charge in [0, 0.05) is 23.9 Å². The molecule has 4 rings (SSSR count). The molecule has 0 unspecified atom stereocenters. The first-order valence-electron chi connectivity index (χ1n) is 9.97. The van der Waals surface area contributed by atoms with Gasteiger partial charge in [-0.05, 0) is 23.8 Å². The van der Waals surface area contributed by atoms with Crippen LogP contribution in [0.25, 0.3) is 10.9 Å². The number of amides is 1. The molecule has 0 bridgehead atoms. The van der Waals surface area contributed by atoms with Gasteiger partial charge in [0.1, 0.15) is 11.4 Å². The van der Waals surface area contributed by atoms with Gasteiger partial charge in [0.2, 0.25) is 5.75 Å². The second-order valence-electron chi connectivity index (χ2n) is 7.64. The van der Waals surface area contributed by atoms with E-state index in [1.807, 2.05) is 0 Å². The van der Waals surface area contributed by atoms with Gasteiger partial charge in [0.25, 0.3) is 16.0 Å². The SMILES string of the molecule is COc1cc2cc(C(=O)N3C[C@@H](COS(C)(=O)=O)c4ccc(O)cc43)[nH]c2c(OC)c1OC. The van der Waals surface area contributed by atoms with Gasteiger partial charge >= 0.3 is 0 Å². The van der Waals surface area contributed by atoms with Crippen molar-refractivity contribution >= 4 is 32.6 Å². The number of hydrogen-bond acceptors (Lipinski definition) is 8. The van der Waals surface area contributed by atoms with Gasteiger partial charge in [-0.3, -0.25) is 8.98 Å². The van der Waals surface area contributed by atoms with E-state index in [0.29, 0.717) is 39.4 Å². The first-order valence-corrected chi connectivity index (χ1v) is 11.8. The van der Waals surface area contributed by atoms with E-state index < -0.39 is 10.1 Å². The van der Waals surface area contributed by atoms with E-state index in [0.717, 1.165) is 6.26 Å². The number of hydrogen-bond donors (Lipinski definition) is 2. The van der Waals surface area contributed by atoms with Crippen LogP contribution in [-0.2, 0) is 14.3 Å². The lowest BCUT2D eigenvalue weighted by atomic mass is 10.0. The monoisotopic (exact) mass is 476 g/mol. The van der Waals surface area contributed by atoms with Crippen molar-refractivity contribution in [1.82, 2.24) is 4.98 Å². The predicted octanol–water partition coefficient (Wildman–Crippen LogP) is 2.62. The summed E-state index contributed by atoms with van der Waals surface area (Å²) < 4.78 is 44.2. The highest BCUT2D eigenvalue weighted by atomic mass is 32.2. The average Bonchev–Trinajstić information content (AvgIpc) is 3.36. The van der Waals surface area contributed by atoms with E-state index >= 15 is 0 Å². The highest BCUT2D eigenvalue weighted by Crippen LogP contribution is 2.44. The number of phenolic OH excluding ortho intramolecular Hbond substituents is 1. The summed E-state index contributed by atoms with van der Waals surface area (Å²) in [6.07, 6.45) is 0.975. The van der Waals surface area contributed by atoms with Crippen LogP contribution in [0.1, 0.15) is 22.0 Å². The molecule has 2 aromatic carbocycles. The zero-order valence-corrected chi connectivity index (χ0v) is 19.4. The number of anilines is 1. The third kappa shape index (κ3) is 4.16. The van der Waals surface area contributed by atoms with Crippen molar-refractivity contribution < 1.29 is 36.7 Å². The zero-order valence-electron chi connectivity index (χ0n) is 18.5. The van der Waals surface area contributed by atoms with Crippen LogP contribution >= 0.6 is 0 Å². The molecule has 1 aliphatic heterocycles. The molecule has 2 N–H and O–H groups in total. The van der Waals surface area contributed by atoms with Gasteiger partial charge in [0.05, 0.1) is 45.4 Å². The van der Waals surface area contributed by atoms with Gasteiger partial charge < -0.3 is 29.2 Å². The Balaban J connectivity index is 1.74. The Morgan fingerprint density at radius 3 is 2.48 bits per heavy atom. The van der Waals surface area contributed by atoms with E-state index in [2.05, 4.69) is 4.98 Å². The molecule has 10 nitrogen and oxygen atoms in total. The van der Waals surface area contributed by atoms with Crippen LogP contribution < -0.4 is 19.1 Å². The van der Waals surface area contributed by atoms with Gasteiger partial charge in [-0.2, -0.15) is 8.42 Å². The van der Waals surface area contributed by atoms with Crippen molar-refractivity contribution in [2.45, 2.75) is 5.92 Å². The van der Waals surface area contributed by atoms with Crippen LogP contribution in [-0.4, -0.2) is 65.2 Å². The van der Waals surface area contributed by atoms with Gasteiger partial charge in [0.15, 0.2) is 11.5 Å². The Kier molecular flexibility index (Phi) is 5.85. The van der Waals surface area contributed by atoms with E-state index in [1.165, 1.54) is 38.4 Å². The number of phenols is 1.